The van der Waals surface area contributed by atoms with Crippen LogP contribution in [0.25, 0.3) is 0 Å². The van der Waals surface area contributed by atoms with Crippen LogP contribution in [0.2, 0.25) is 0 Å². The number of hydrogen-bond donors (Lipinski definition) is 3. The quantitative estimate of drug-likeness (QED) is 0.377. The fraction of sp³-hybridized carbons (Fsp3) is 0.375. The van der Waals surface area contributed by atoms with Crippen molar-refractivity contribution in [2.75, 3.05) is 0 Å². The van der Waals surface area contributed by atoms with Crippen molar-refractivity contribution >= 4 is 17.3 Å². The zero-order chi connectivity index (χ0) is 9.68. The molecule has 0 aliphatic heterocycles. The second-order valence-electron chi connectivity index (χ2n) is 2.80. The van der Waals surface area contributed by atoms with Crippen LogP contribution in [-0.2, 0) is 6.42 Å². The van der Waals surface area contributed by atoms with E-state index in [1.54, 1.807) is 6.26 Å². The van der Waals surface area contributed by atoms with Gasteiger partial charge in [0.1, 0.15) is 5.76 Å². The maximum atomic E-state index is 5.18. The van der Waals surface area contributed by atoms with E-state index in [-0.39, 0.29) is 6.04 Å². The molecule has 0 saturated heterocycles. The average molecular weight is 199 g/mol. The summed E-state index contributed by atoms with van der Waals surface area (Å²) in [5.41, 5.74) is 2.37. The Morgan fingerprint density at radius 1 is 1.77 bits per heavy atom. The van der Waals surface area contributed by atoms with Gasteiger partial charge in [0.05, 0.1) is 6.26 Å². The molecule has 1 heterocycles. The Labute approximate surface area is 82.5 Å². The molecule has 0 amide bonds. The highest BCUT2D eigenvalue weighted by Gasteiger charge is 2.05. The molecule has 72 valence electrons. The number of nitrogens with two attached hydrogens (primary N) is 1. The lowest BCUT2D eigenvalue weighted by molar-refractivity contribution is 0.481. The first-order chi connectivity index (χ1) is 6.22. The van der Waals surface area contributed by atoms with Gasteiger partial charge >= 0.3 is 0 Å². The number of hydrogen-bond acceptors (Lipinski definition) is 3. The molecule has 0 spiro atoms. The van der Waals surface area contributed by atoms with Gasteiger partial charge in [-0.1, -0.05) is 0 Å². The molecule has 0 aliphatic carbocycles. The lowest BCUT2D eigenvalue weighted by Crippen LogP contribution is -2.44. The first-order valence-corrected chi connectivity index (χ1v) is 4.42. The van der Waals surface area contributed by atoms with E-state index in [1.165, 1.54) is 0 Å². The molecule has 0 radical (unpaired) electrons. The number of hydrazine groups is 1. The molecule has 13 heavy (non-hydrogen) atoms. The van der Waals surface area contributed by atoms with Crippen molar-refractivity contribution < 1.29 is 4.42 Å². The van der Waals surface area contributed by atoms with Crippen LogP contribution in [0.3, 0.4) is 0 Å². The van der Waals surface area contributed by atoms with E-state index in [0.717, 1.165) is 12.2 Å². The highest BCUT2D eigenvalue weighted by Crippen LogP contribution is 2.03. The van der Waals surface area contributed by atoms with Crippen LogP contribution >= 0.6 is 12.2 Å². The summed E-state index contributed by atoms with van der Waals surface area (Å²) in [6, 6.07) is 3.99. The molecular formula is C8H13N3OS. The molecule has 0 bridgehead atoms. The highest BCUT2D eigenvalue weighted by molar-refractivity contribution is 7.80. The number of nitrogens with one attached hydrogen (secondary N) is 2. The van der Waals surface area contributed by atoms with E-state index in [9.17, 15) is 0 Å². The van der Waals surface area contributed by atoms with Gasteiger partial charge in [-0.3, -0.25) is 0 Å². The third kappa shape index (κ3) is 3.43. The van der Waals surface area contributed by atoms with Gasteiger partial charge in [-0.25, -0.2) is 5.84 Å². The Morgan fingerprint density at radius 3 is 3.08 bits per heavy atom. The molecule has 4 nitrogen and oxygen atoms in total. The Balaban J connectivity index is 2.33. The van der Waals surface area contributed by atoms with Crippen molar-refractivity contribution in [3.05, 3.63) is 24.2 Å². The van der Waals surface area contributed by atoms with E-state index < -0.39 is 0 Å². The van der Waals surface area contributed by atoms with E-state index in [4.69, 9.17) is 22.5 Å². The Hall–Kier alpha value is -1.07. The van der Waals surface area contributed by atoms with Crippen LogP contribution in [0.4, 0.5) is 0 Å². The Bertz CT molecular complexity index is 260. The van der Waals surface area contributed by atoms with Crippen LogP contribution in [0.5, 0.6) is 0 Å². The third-order valence-electron chi connectivity index (χ3n) is 1.60. The van der Waals surface area contributed by atoms with Gasteiger partial charge in [0.2, 0.25) is 0 Å². The minimum Gasteiger partial charge on any atom is -0.469 e. The highest BCUT2D eigenvalue weighted by atomic mass is 32.1. The van der Waals surface area contributed by atoms with Gasteiger partial charge in [0.25, 0.3) is 0 Å². The Kier molecular flexibility index (Phi) is 3.72. The number of thiocarbonyl (C=S) groups is 1. The van der Waals surface area contributed by atoms with Crippen LogP contribution in [0.1, 0.15) is 12.7 Å². The third-order valence-corrected chi connectivity index (χ3v) is 1.83. The van der Waals surface area contributed by atoms with Crippen LogP contribution in [-0.4, -0.2) is 11.2 Å². The zero-order valence-corrected chi connectivity index (χ0v) is 8.23. The van der Waals surface area contributed by atoms with Gasteiger partial charge in [-0.2, -0.15) is 0 Å². The van der Waals surface area contributed by atoms with Gasteiger partial charge in [-0.15, -0.1) is 0 Å². The van der Waals surface area contributed by atoms with Crippen molar-refractivity contribution in [2.24, 2.45) is 5.84 Å². The predicted molar refractivity (Wildman–Crippen MR) is 54.9 cm³/mol. The predicted octanol–water partition coefficient (Wildman–Crippen LogP) is 0.548. The second kappa shape index (κ2) is 4.84. The SMILES string of the molecule is CC(Cc1ccco1)NC(=S)NN. The molecule has 5 heteroatoms. The zero-order valence-electron chi connectivity index (χ0n) is 7.41. The van der Waals surface area contributed by atoms with E-state index in [0.29, 0.717) is 5.11 Å². The molecular weight excluding hydrogens is 186 g/mol. The monoisotopic (exact) mass is 199 g/mol. The summed E-state index contributed by atoms with van der Waals surface area (Å²) < 4.78 is 5.18. The van der Waals surface area contributed by atoms with Gasteiger partial charge in [0.15, 0.2) is 5.11 Å². The second-order valence-corrected chi connectivity index (χ2v) is 3.21. The molecule has 1 atom stereocenters. The minimum atomic E-state index is 0.203. The molecule has 1 aromatic rings. The molecule has 0 fully saturated rings. The van der Waals surface area contributed by atoms with Crippen LogP contribution in [0.15, 0.2) is 22.8 Å². The Morgan fingerprint density at radius 2 is 2.54 bits per heavy atom. The molecule has 1 unspecified atom stereocenters. The van der Waals surface area contributed by atoms with E-state index in [1.807, 2.05) is 19.1 Å². The van der Waals surface area contributed by atoms with Crippen molar-refractivity contribution in [2.45, 2.75) is 19.4 Å². The maximum absolute atomic E-state index is 5.18. The fourth-order valence-corrected chi connectivity index (χ4v) is 1.25. The molecule has 0 aromatic carbocycles. The maximum Gasteiger partial charge on any atom is 0.180 e. The van der Waals surface area contributed by atoms with E-state index >= 15 is 0 Å². The largest absolute Gasteiger partial charge is 0.469 e. The minimum absolute atomic E-state index is 0.203. The van der Waals surface area contributed by atoms with Gasteiger partial charge in [0, 0.05) is 12.5 Å². The summed E-state index contributed by atoms with van der Waals surface area (Å²) in [6.45, 7) is 2.01. The summed E-state index contributed by atoms with van der Waals surface area (Å²) in [5.74, 6) is 6.05. The van der Waals surface area contributed by atoms with Crippen molar-refractivity contribution in [1.29, 1.82) is 0 Å². The molecule has 1 aromatic heterocycles. The fourth-order valence-electron chi connectivity index (χ4n) is 1.05. The summed E-state index contributed by atoms with van der Waals surface area (Å²) >= 11 is 4.85. The van der Waals surface area contributed by atoms with Crippen molar-refractivity contribution in [3.63, 3.8) is 0 Å². The summed E-state index contributed by atoms with van der Waals surface area (Å²) in [6.07, 6.45) is 2.44. The molecule has 4 N–H and O–H groups in total. The first kappa shape index (κ1) is 10.0. The van der Waals surface area contributed by atoms with E-state index in [2.05, 4.69) is 10.7 Å². The van der Waals surface area contributed by atoms with Crippen molar-refractivity contribution in [3.8, 4) is 0 Å². The summed E-state index contributed by atoms with van der Waals surface area (Å²) in [4.78, 5) is 0. The molecule has 0 aliphatic rings. The van der Waals surface area contributed by atoms with Gasteiger partial charge in [-0.05, 0) is 31.3 Å². The molecule has 0 saturated carbocycles. The van der Waals surface area contributed by atoms with Crippen LogP contribution in [0, 0.1) is 0 Å². The van der Waals surface area contributed by atoms with Crippen LogP contribution < -0.4 is 16.6 Å². The average Bonchev–Trinajstić information content (AvgIpc) is 2.56. The topological polar surface area (TPSA) is 63.2 Å². The lowest BCUT2D eigenvalue weighted by Gasteiger charge is -2.13. The smallest absolute Gasteiger partial charge is 0.180 e. The number of rotatable bonds is 3. The van der Waals surface area contributed by atoms with Crippen molar-refractivity contribution in [1.82, 2.24) is 10.7 Å². The lowest BCUT2D eigenvalue weighted by atomic mass is 10.2. The van der Waals surface area contributed by atoms with Gasteiger partial charge < -0.3 is 15.2 Å². The standard InChI is InChI=1S/C8H13N3OS/c1-6(10-8(13)11-9)5-7-3-2-4-12-7/h2-4,6H,5,9H2,1H3,(H2,10,11,13). The summed E-state index contributed by atoms with van der Waals surface area (Å²) in [7, 11) is 0. The number of furan rings is 1. The summed E-state index contributed by atoms with van der Waals surface area (Å²) in [5, 5.41) is 3.45. The molecule has 1 rings (SSSR count). The first-order valence-electron chi connectivity index (χ1n) is 4.02. The normalized spacial score (nSPS) is 12.2.